The van der Waals surface area contributed by atoms with E-state index in [1.807, 2.05) is 17.7 Å². The van der Waals surface area contributed by atoms with E-state index in [1.165, 1.54) is 0 Å². The number of carboxylic acids is 1. The summed E-state index contributed by atoms with van der Waals surface area (Å²) in [6.45, 7) is 2.79. The van der Waals surface area contributed by atoms with Crippen LogP contribution in [0.15, 0.2) is 12.4 Å². The molecule has 2 rings (SSSR count). The Labute approximate surface area is 88.1 Å². The van der Waals surface area contributed by atoms with Gasteiger partial charge < -0.3 is 15.0 Å². The highest BCUT2D eigenvalue weighted by atomic mass is 16.4. The summed E-state index contributed by atoms with van der Waals surface area (Å²) in [6.07, 6.45) is 5.51. The summed E-state index contributed by atoms with van der Waals surface area (Å²) in [4.78, 5) is 15.1. The van der Waals surface area contributed by atoms with Crippen LogP contribution in [0.2, 0.25) is 0 Å². The van der Waals surface area contributed by atoms with Gasteiger partial charge in [0.15, 0.2) is 0 Å². The van der Waals surface area contributed by atoms with Crippen molar-refractivity contribution in [2.75, 3.05) is 5.32 Å². The number of nitrogens with one attached hydrogen (secondary N) is 1. The van der Waals surface area contributed by atoms with Gasteiger partial charge in [-0.15, -0.1) is 0 Å². The first-order chi connectivity index (χ1) is 7.22. The van der Waals surface area contributed by atoms with E-state index in [0.29, 0.717) is 5.95 Å². The van der Waals surface area contributed by atoms with Crippen molar-refractivity contribution in [3.8, 4) is 0 Å². The summed E-state index contributed by atoms with van der Waals surface area (Å²) in [5.41, 5.74) is 0. The number of carboxylic acid groups (broad SMARTS) is 1. The van der Waals surface area contributed by atoms with Crippen molar-refractivity contribution in [3.05, 3.63) is 12.4 Å². The summed E-state index contributed by atoms with van der Waals surface area (Å²) in [7, 11) is 0. The molecule has 1 aliphatic carbocycles. The van der Waals surface area contributed by atoms with Gasteiger partial charge in [0.1, 0.15) is 6.04 Å². The van der Waals surface area contributed by atoms with E-state index in [4.69, 9.17) is 5.11 Å². The number of imidazole rings is 1. The number of aliphatic carboxylic acids is 1. The highest BCUT2D eigenvalue weighted by Crippen LogP contribution is 2.34. The van der Waals surface area contributed by atoms with Gasteiger partial charge in [-0.2, -0.15) is 0 Å². The molecule has 1 heterocycles. The molecule has 0 spiro atoms. The summed E-state index contributed by atoms with van der Waals surface area (Å²) >= 11 is 0. The van der Waals surface area contributed by atoms with E-state index >= 15 is 0 Å². The smallest absolute Gasteiger partial charge is 0.326 e. The molecule has 5 heteroatoms. The number of rotatable bonds is 5. The van der Waals surface area contributed by atoms with Gasteiger partial charge in [-0.1, -0.05) is 0 Å². The van der Waals surface area contributed by atoms with Gasteiger partial charge in [-0.25, -0.2) is 9.78 Å². The van der Waals surface area contributed by atoms with Crippen LogP contribution in [0.5, 0.6) is 0 Å². The quantitative estimate of drug-likeness (QED) is 0.764. The number of nitrogens with zero attached hydrogens (tertiary/aromatic N) is 2. The third kappa shape index (κ3) is 2.11. The van der Waals surface area contributed by atoms with Crippen molar-refractivity contribution in [2.45, 2.75) is 32.4 Å². The zero-order chi connectivity index (χ0) is 10.8. The Hall–Kier alpha value is -1.52. The molecule has 1 fully saturated rings. The molecule has 0 saturated heterocycles. The van der Waals surface area contributed by atoms with E-state index in [9.17, 15) is 4.79 Å². The molecular weight excluding hydrogens is 194 g/mol. The van der Waals surface area contributed by atoms with Crippen LogP contribution < -0.4 is 5.32 Å². The third-order valence-electron chi connectivity index (χ3n) is 2.70. The Kier molecular flexibility index (Phi) is 2.62. The Balaban J connectivity index is 2.08. The van der Waals surface area contributed by atoms with Crippen molar-refractivity contribution in [2.24, 2.45) is 5.92 Å². The van der Waals surface area contributed by atoms with Gasteiger partial charge >= 0.3 is 5.97 Å². The SMILES string of the molecule is CCn1ccnc1NC(C(=O)O)C1CC1. The van der Waals surface area contributed by atoms with Crippen LogP contribution in [0.25, 0.3) is 0 Å². The van der Waals surface area contributed by atoms with Gasteiger partial charge in [0.25, 0.3) is 0 Å². The average molecular weight is 209 g/mol. The Bertz CT molecular complexity index is 357. The van der Waals surface area contributed by atoms with Crippen LogP contribution in [-0.2, 0) is 11.3 Å². The first-order valence-electron chi connectivity index (χ1n) is 5.23. The number of hydrogen-bond donors (Lipinski definition) is 2. The number of aromatic nitrogens is 2. The molecule has 82 valence electrons. The van der Waals surface area contributed by atoms with Crippen LogP contribution >= 0.6 is 0 Å². The molecule has 0 bridgehead atoms. The lowest BCUT2D eigenvalue weighted by atomic mass is 10.2. The summed E-state index contributed by atoms with van der Waals surface area (Å²) < 4.78 is 1.90. The van der Waals surface area contributed by atoms with E-state index in [1.54, 1.807) is 6.20 Å². The highest BCUT2D eigenvalue weighted by molar-refractivity contribution is 5.77. The first-order valence-corrected chi connectivity index (χ1v) is 5.23. The van der Waals surface area contributed by atoms with Gasteiger partial charge in [0.2, 0.25) is 5.95 Å². The molecular formula is C10H15N3O2. The Morgan fingerprint density at radius 1 is 1.80 bits per heavy atom. The van der Waals surface area contributed by atoms with Crippen LogP contribution in [0, 0.1) is 5.92 Å². The molecule has 1 aliphatic rings. The monoisotopic (exact) mass is 209 g/mol. The van der Waals surface area contributed by atoms with Gasteiger partial charge in [-0.3, -0.25) is 0 Å². The zero-order valence-corrected chi connectivity index (χ0v) is 8.68. The van der Waals surface area contributed by atoms with E-state index in [2.05, 4.69) is 10.3 Å². The fourth-order valence-electron chi connectivity index (χ4n) is 1.65. The minimum Gasteiger partial charge on any atom is -0.480 e. The standard InChI is InChI=1S/C10H15N3O2/c1-2-13-6-5-11-10(13)12-8(9(14)15)7-3-4-7/h5-8H,2-4H2,1H3,(H,11,12)(H,14,15). The van der Waals surface area contributed by atoms with Gasteiger partial charge in [-0.05, 0) is 25.7 Å². The lowest BCUT2D eigenvalue weighted by Gasteiger charge is -2.14. The number of aryl methyl sites for hydroxylation is 1. The molecule has 15 heavy (non-hydrogen) atoms. The molecule has 0 aromatic carbocycles. The maximum atomic E-state index is 11.0. The maximum absolute atomic E-state index is 11.0. The molecule has 2 N–H and O–H groups in total. The summed E-state index contributed by atoms with van der Waals surface area (Å²) in [5.74, 6) is 0.129. The van der Waals surface area contributed by atoms with Gasteiger partial charge in [0.05, 0.1) is 0 Å². The lowest BCUT2D eigenvalue weighted by molar-refractivity contribution is -0.138. The Morgan fingerprint density at radius 2 is 2.53 bits per heavy atom. The molecule has 1 saturated carbocycles. The number of hydrogen-bond acceptors (Lipinski definition) is 3. The third-order valence-corrected chi connectivity index (χ3v) is 2.70. The largest absolute Gasteiger partial charge is 0.480 e. The molecule has 1 aromatic heterocycles. The van der Waals surface area contributed by atoms with E-state index < -0.39 is 12.0 Å². The second-order valence-electron chi connectivity index (χ2n) is 3.83. The normalized spacial score (nSPS) is 17.4. The molecule has 0 amide bonds. The van der Waals surface area contributed by atoms with Gasteiger partial charge in [0, 0.05) is 18.9 Å². The molecule has 0 radical (unpaired) electrons. The fourth-order valence-corrected chi connectivity index (χ4v) is 1.65. The summed E-state index contributed by atoms with van der Waals surface area (Å²) in [5, 5.41) is 12.0. The summed E-state index contributed by atoms with van der Waals surface area (Å²) in [6, 6.07) is -0.488. The predicted molar refractivity (Wildman–Crippen MR) is 55.7 cm³/mol. The maximum Gasteiger partial charge on any atom is 0.326 e. The second-order valence-corrected chi connectivity index (χ2v) is 3.83. The molecule has 0 aliphatic heterocycles. The highest BCUT2D eigenvalue weighted by Gasteiger charge is 2.36. The van der Waals surface area contributed by atoms with Crippen molar-refractivity contribution >= 4 is 11.9 Å². The minimum absolute atomic E-state index is 0.268. The number of anilines is 1. The molecule has 1 atom stereocenters. The van der Waals surface area contributed by atoms with E-state index in [0.717, 1.165) is 19.4 Å². The van der Waals surface area contributed by atoms with Crippen LogP contribution in [0.1, 0.15) is 19.8 Å². The van der Waals surface area contributed by atoms with E-state index in [-0.39, 0.29) is 5.92 Å². The zero-order valence-electron chi connectivity index (χ0n) is 8.68. The topological polar surface area (TPSA) is 67.2 Å². The molecule has 1 unspecified atom stereocenters. The van der Waals surface area contributed by atoms with Crippen molar-refractivity contribution < 1.29 is 9.90 Å². The minimum atomic E-state index is -0.789. The van der Waals surface area contributed by atoms with Crippen molar-refractivity contribution in [1.82, 2.24) is 9.55 Å². The van der Waals surface area contributed by atoms with Crippen molar-refractivity contribution in [3.63, 3.8) is 0 Å². The predicted octanol–water partition coefficient (Wildman–Crippen LogP) is 1.18. The Morgan fingerprint density at radius 3 is 3.07 bits per heavy atom. The fraction of sp³-hybridized carbons (Fsp3) is 0.600. The van der Waals surface area contributed by atoms with Crippen LogP contribution in [0.4, 0.5) is 5.95 Å². The molecule has 1 aromatic rings. The van der Waals surface area contributed by atoms with Crippen LogP contribution in [-0.4, -0.2) is 26.7 Å². The van der Waals surface area contributed by atoms with Crippen molar-refractivity contribution in [1.29, 1.82) is 0 Å². The van der Waals surface area contributed by atoms with Crippen LogP contribution in [0.3, 0.4) is 0 Å². The average Bonchev–Trinajstić information content (AvgIpc) is 2.93. The number of carbonyl (C=O) groups is 1. The first kappa shape index (κ1) is 10.0. The lowest BCUT2D eigenvalue weighted by Crippen LogP contribution is -2.32. The second kappa shape index (κ2) is 3.92. The molecule has 5 nitrogen and oxygen atoms in total.